The molecule has 2 aromatic rings. The fourth-order valence-electron chi connectivity index (χ4n) is 1.60. The normalized spacial score (nSPS) is 11.0. The van der Waals surface area contributed by atoms with Crippen molar-refractivity contribution in [2.24, 2.45) is 5.73 Å². The molecule has 0 aliphatic heterocycles. The number of fused-ring (bicyclic) bond motifs is 1. The highest BCUT2D eigenvalue weighted by molar-refractivity contribution is 9.10. The fraction of sp³-hybridized carbons (Fsp3) is 0.200. The van der Waals surface area contributed by atoms with Crippen LogP contribution in [0.4, 0.5) is 4.39 Å². The molecule has 17 heavy (non-hydrogen) atoms. The molecular formula is C10H8BrClFN3O. The van der Waals surface area contributed by atoms with Crippen molar-refractivity contribution in [3.8, 4) is 0 Å². The van der Waals surface area contributed by atoms with Gasteiger partial charge in [0, 0.05) is 6.07 Å². The van der Waals surface area contributed by atoms with Gasteiger partial charge in [-0.05, 0) is 22.0 Å². The molecule has 1 aromatic carbocycles. The summed E-state index contributed by atoms with van der Waals surface area (Å²) in [6.45, 7) is -0.0311. The van der Waals surface area contributed by atoms with Crippen LogP contribution >= 0.6 is 27.5 Å². The number of aromatic nitrogens is 2. The summed E-state index contributed by atoms with van der Waals surface area (Å²) in [6, 6.07) is 2.84. The van der Waals surface area contributed by atoms with E-state index in [0.717, 1.165) is 0 Å². The molecule has 0 aliphatic rings. The Morgan fingerprint density at radius 1 is 1.59 bits per heavy atom. The van der Waals surface area contributed by atoms with Gasteiger partial charge in [-0.3, -0.25) is 4.79 Å². The van der Waals surface area contributed by atoms with Crippen molar-refractivity contribution in [2.45, 2.75) is 12.4 Å². The van der Waals surface area contributed by atoms with Crippen molar-refractivity contribution >= 4 is 44.5 Å². The van der Waals surface area contributed by atoms with Crippen LogP contribution in [0.5, 0.6) is 0 Å². The van der Waals surface area contributed by atoms with Gasteiger partial charge in [0.1, 0.15) is 18.2 Å². The smallest absolute Gasteiger partial charge is 0.237 e. The number of benzene rings is 1. The Morgan fingerprint density at radius 2 is 2.29 bits per heavy atom. The summed E-state index contributed by atoms with van der Waals surface area (Å²) in [5, 5.41) is 0. The Bertz CT molecular complexity index is 599. The second-order valence-electron chi connectivity index (χ2n) is 3.47. The maximum atomic E-state index is 13.3. The van der Waals surface area contributed by atoms with Crippen LogP contribution in [0.15, 0.2) is 16.6 Å². The van der Waals surface area contributed by atoms with Gasteiger partial charge in [0.2, 0.25) is 5.91 Å². The van der Waals surface area contributed by atoms with Gasteiger partial charge in [-0.2, -0.15) is 0 Å². The number of carbonyl (C=O) groups is 1. The number of halogens is 3. The van der Waals surface area contributed by atoms with Gasteiger partial charge in [0.15, 0.2) is 0 Å². The summed E-state index contributed by atoms with van der Waals surface area (Å²) in [5.74, 6) is -0.308. The van der Waals surface area contributed by atoms with Gasteiger partial charge in [0.25, 0.3) is 0 Å². The molecule has 4 nitrogen and oxygen atoms in total. The Kier molecular flexibility index (Phi) is 3.35. The first-order valence-corrected chi connectivity index (χ1v) is 6.04. The zero-order valence-corrected chi connectivity index (χ0v) is 10.9. The summed E-state index contributed by atoms with van der Waals surface area (Å²) in [5.41, 5.74) is 6.21. The molecule has 90 valence electrons. The van der Waals surface area contributed by atoms with Crippen molar-refractivity contribution in [2.75, 3.05) is 0 Å². The molecule has 0 aliphatic carbocycles. The largest absolute Gasteiger partial charge is 0.368 e. The van der Waals surface area contributed by atoms with Crippen LogP contribution in [0.2, 0.25) is 0 Å². The zero-order chi connectivity index (χ0) is 12.6. The van der Waals surface area contributed by atoms with Crippen molar-refractivity contribution in [1.82, 2.24) is 9.55 Å². The van der Waals surface area contributed by atoms with Crippen molar-refractivity contribution < 1.29 is 9.18 Å². The summed E-state index contributed by atoms with van der Waals surface area (Å²) in [7, 11) is 0. The summed E-state index contributed by atoms with van der Waals surface area (Å²) < 4.78 is 15.2. The second-order valence-corrected chi connectivity index (χ2v) is 4.59. The molecule has 0 fully saturated rings. The highest BCUT2D eigenvalue weighted by atomic mass is 79.9. The van der Waals surface area contributed by atoms with Crippen LogP contribution in [0.3, 0.4) is 0 Å². The molecule has 1 heterocycles. The van der Waals surface area contributed by atoms with E-state index in [1.807, 2.05) is 0 Å². The maximum Gasteiger partial charge on any atom is 0.237 e. The number of alkyl halides is 1. The van der Waals surface area contributed by atoms with E-state index >= 15 is 0 Å². The number of amides is 1. The van der Waals surface area contributed by atoms with Crippen LogP contribution < -0.4 is 5.73 Å². The Balaban J connectivity index is 2.69. The number of imidazole rings is 1. The lowest BCUT2D eigenvalue weighted by molar-refractivity contribution is -0.118. The minimum atomic E-state index is -0.504. The van der Waals surface area contributed by atoms with Gasteiger partial charge in [-0.1, -0.05) is 0 Å². The standard InChI is InChI=1S/C10H8BrClFN3O/c11-5-1-8-7(2-6(5)13)15-10(3-12)16(8)4-9(14)17/h1-2H,3-4H2,(H2,14,17). The molecule has 1 aromatic heterocycles. The molecule has 7 heteroatoms. The van der Waals surface area contributed by atoms with Crippen LogP contribution in [0.1, 0.15) is 5.82 Å². The van der Waals surface area contributed by atoms with Crippen LogP contribution in [-0.2, 0) is 17.2 Å². The SMILES string of the molecule is NC(=O)Cn1c(CCl)nc2cc(F)c(Br)cc21. The first-order valence-electron chi connectivity index (χ1n) is 4.71. The Morgan fingerprint density at radius 3 is 2.88 bits per heavy atom. The molecule has 2 N–H and O–H groups in total. The molecule has 0 atom stereocenters. The molecule has 0 unspecified atom stereocenters. The third-order valence-electron chi connectivity index (χ3n) is 2.30. The van der Waals surface area contributed by atoms with Gasteiger partial charge in [-0.15, -0.1) is 11.6 Å². The molecule has 0 bridgehead atoms. The zero-order valence-electron chi connectivity index (χ0n) is 8.58. The van der Waals surface area contributed by atoms with E-state index in [2.05, 4.69) is 20.9 Å². The van der Waals surface area contributed by atoms with E-state index in [4.69, 9.17) is 17.3 Å². The van der Waals surface area contributed by atoms with Crippen LogP contribution in [0, 0.1) is 5.82 Å². The third kappa shape index (κ3) is 2.28. The molecular weight excluding hydrogens is 312 g/mol. The number of nitrogens with two attached hydrogens (primary N) is 1. The highest BCUT2D eigenvalue weighted by Gasteiger charge is 2.14. The number of rotatable bonds is 3. The average Bonchev–Trinajstić information content (AvgIpc) is 2.57. The van der Waals surface area contributed by atoms with E-state index < -0.39 is 11.7 Å². The first-order chi connectivity index (χ1) is 8.02. The summed E-state index contributed by atoms with van der Waals surface area (Å²) >= 11 is 8.81. The predicted molar refractivity (Wildman–Crippen MR) is 66.1 cm³/mol. The minimum Gasteiger partial charge on any atom is -0.368 e. The topological polar surface area (TPSA) is 60.9 Å². The van der Waals surface area contributed by atoms with Crippen molar-refractivity contribution in [1.29, 1.82) is 0 Å². The third-order valence-corrected chi connectivity index (χ3v) is 3.15. The molecule has 0 spiro atoms. The predicted octanol–water partition coefficient (Wildman–Crippen LogP) is 2.16. The lowest BCUT2D eigenvalue weighted by Gasteiger charge is -2.04. The first kappa shape index (κ1) is 12.3. The van der Waals surface area contributed by atoms with Crippen molar-refractivity contribution in [3.63, 3.8) is 0 Å². The van der Waals surface area contributed by atoms with Crippen LogP contribution in [-0.4, -0.2) is 15.5 Å². The number of hydrogen-bond donors (Lipinski definition) is 1. The average molecular weight is 321 g/mol. The lowest BCUT2D eigenvalue weighted by Crippen LogP contribution is -2.19. The van der Waals surface area contributed by atoms with E-state index in [1.54, 1.807) is 10.6 Å². The fourth-order valence-corrected chi connectivity index (χ4v) is 2.14. The number of carbonyl (C=O) groups excluding carboxylic acids is 1. The molecule has 2 rings (SSSR count). The number of nitrogens with zero attached hydrogens (tertiary/aromatic N) is 2. The molecule has 1 amide bonds. The molecule has 0 saturated heterocycles. The van der Waals surface area contributed by atoms with Gasteiger partial charge >= 0.3 is 0 Å². The minimum absolute atomic E-state index is 0.0311. The van der Waals surface area contributed by atoms with Gasteiger partial charge in [-0.25, -0.2) is 9.37 Å². The van der Waals surface area contributed by atoms with E-state index in [0.29, 0.717) is 21.3 Å². The molecule has 0 radical (unpaired) electrons. The highest BCUT2D eigenvalue weighted by Crippen LogP contribution is 2.24. The van der Waals surface area contributed by atoms with Gasteiger partial charge in [0.05, 0.1) is 21.4 Å². The van der Waals surface area contributed by atoms with Crippen molar-refractivity contribution in [3.05, 3.63) is 28.2 Å². The summed E-state index contributed by atoms with van der Waals surface area (Å²) in [4.78, 5) is 15.1. The maximum absolute atomic E-state index is 13.3. The number of hydrogen-bond acceptors (Lipinski definition) is 2. The van der Waals surface area contributed by atoms with E-state index in [1.165, 1.54) is 6.07 Å². The van der Waals surface area contributed by atoms with Crippen LogP contribution in [0.25, 0.3) is 11.0 Å². The quantitative estimate of drug-likeness (QED) is 0.881. The Labute approximate surface area is 110 Å². The van der Waals surface area contributed by atoms with E-state index in [-0.39, 0.29) is 12.4 Å². The Hall–Kier alpha value is -1.14. The van der Waals surface area contributed by atoms with E-state index in [9.17, 15) is 9.18 Å². The lowest BCUT2D eigenvalue weighted by atomic mass is 10.3. The monoisotopic (exact) mass is 319 g/mol. The number of primary amides is 1. The second kappa shape index (κ2) is 4.62. The molecule has 0 saturated carbocycles. The van der Waals surface area contributed by atoms with Gasteiger partial charge < -0.3 is 10.3 Å². The summed E-state index contributed by atoms with van der Waals surface area (Å²) in [6.07, 6.45) is 0.